The van der Waals surface area contributed by atoms with Crippen LogP contribution in [-0.4, -0.2) is 36.4 Å². The third-order valence-corrected chi connectivity index (χ3v) is 6.93. The maximum Gasteiger partial charge on any atom is 0.235 e. The highest BCUT2D eigenvalue weighted by atomic mass is 19.1. The Bertz CT molecular complexity index is 1570. The van der Waals surface area contributed by atoms with Gasteiger partial charge in [-0.3, -0.25) is 9.59 Å². The van der Waals surface area contributed by atoms with Gasteiger partial charge in [0.15, 0.2) is 17.3 Å². The first-order chi connectivity index (χ1) is 18.0. The predicted octanol–water partition coefficient (Wildman–Crippen LogP) is 5.70. The molecular formula is C29H31FN6O2. The first-order valence-corrected chi connectivity index (χ1v) is 12.8. The van der Waals surface area contributed by atoms with E-state index in [1.54, 1.807) is 49.0 Å². The van der Waals surface area contributed by atoms with Crippen molar-refractivity contribution in [2.24, 2.45) is 5.41 Å². The molecule has 0 spiro atoms. The number of pyridine rings is 1. The first-order valence-electron chi connectivity index (χ1n) is 12.8. The van der Waals surface area contributed by atoms with E-state index in [1.165, 1.54) is 6.07 Å². The molecule has 1 aromatic carbocycles. The van der Waals surface area contributed by atoms with Crippen LogP contribution in [0, 0.1) is 11.2 Å². The molecule has 9 heteroatoms. The second-order valence-electron chi connectivity index (χ2n) is 11.5. The molecule has 0 saturated carbocycles. The molecular weight excluding hydrogens is 483 g/mol. The number of halogens is 1. The molecule has 38 heavy (non-hydrogen) atoms. The van der Waals surface area contributed by atoms with Gasteiger partial charge in [0.25, 0.3) is 0 Å². The van der Waals surface area contributed by atoms with E-state index in [4.69, 9.17) is 10.1 Å². The monoisotopic (exact) mass is 514 g/mol. The predicted molar refractivity (Wildman–Crippen MR) is 143 cm³/mol. The number of rotatable bonds is 7. The summed E-state index contributed by atoms with van der Waals surface area (Å²) in [6.45, 7) is 10.1. The minimum atomic E-state index is -0.948. The highest BCUT2D eigenvalue weighted by Gasteiger charge is 2.44. The molecule has 0 unspecified atom stereocenters. The van der Waals surface area contributed by atoms with Crippen molar-refractivity contribution in [2.45, 2.75) is 65.8 Å². The normalized spacial score (nSPS) is 14.5. The number of nitrogens with zero attached hydrogens (tertiary/aromatic N) is 5. The maximum absolute atomic E-state index is 14.4. The number of aromatic nitrogens is 5. The number of anilines is 1. The topological polar surface area (TPSA) is 103 Å². The Hall–Kier alpha value is -4.01. The van der Waals surface area contributed by atoms with Gasteiger partial charge >= 0.3 is 0 Å². The highest BCUT2D eigenvalue weighted by molar-refractivity contribution is 6.09. The third-order valence-electron chi connectivity index (χ3n) is 6.93. The van der Waals surface area contributed by atoms with Crippen molar-refractivity contribution < 1.29 is 14.0 Å². The fourth-order valence-corrected chi connectivity index (χ4v) is 4.80. The van der Waals surface area contributed by atoms with Crippen LogP contribution in [0.2, 0.25) is 0 Å². The maximum atomic E-state index is 14.4. The number of ketones is 1. The van der Waals surface area contributed by atoms with Gasteiger partial charge in [-0.1, -0.05) is 39.0 Å². The Morgan fingerprint density at radius 2 is 1.87 bits per heavy atom. The molecule has 1 aliphatic heterocycles. The molecule has 0 atom stereocenters. The number of nitrogens with one attached hydrogen (secondary N) is 1. The first kappa shape index (κ1) is 25.6. The van der Waals surface area contributed by atoms with Crippen molar-refractivity contribution in [1.82, 2.24) is 24.7 Å². The molecule has 1 aliphatic rings. The van der Waals surface area contributed by atoms with Gasteiger partial charge in [-0.25, -0.2) is 24.0 Å². The lowest BCUT2D eigenvalue weighted by Gasteiger charge is -2.19. The van der Waals surface area contributed by atoms with Crippen LogP contribution in [-0.2, 0) is 16.8 Å². The van der Waals surface area contributed by atoms with Crippen molar-refractivity contribution in [3.8, 4) is 11.5 Å². The summed E-state index contributed by atoms with van der Waals surface area (Å²) in [5, 5.41) is 8.21. The second kappa shape index (κ2) is 9.38. The number of Topliss-reactive ketones (excluding diaryl/α,β-unsaturated/α-hetero) is 1. The van der Waals surface area contributed by atoms with E-state index < -0.39 is 5.41 Å². The molecule has 196 valence electrons. The van der Waals surface area contributed by atoms with Crippen LogP contribution in [0.3, 0.4) is 0 Å². The van der Waals surface area contributed by atoms with Crippen LogP contribution in [0.4, 0.5) is 10.2 Å². The second-order valence-corrected chi connectivity index (χ2v) is 11.5. The number of hydrogen-bond acceptors (Lipinski definition) is 6. The van der Waals surface area contributed by atoms with Gasteiger partial charge in [-0.15, -0.1) is 0 Å². The van der Waals surface area contributed by atoms with Crippen LogP contribution in [0.1, 0.15) is 75.5 Å². The van der Waals surface area contributed by atoms with E-state index in [0.717, 1.165) is 6.42 Å². The van der Waals surface area contributed by atoms with Gasteiger partial charge in [-0.2, -0.15) is 5.10 Å². The summed E-state index contributed by atoms with van der Waals surface area (Å²) in [5.41, 5.74) is 1.33. The zero-order chi connectivity index (χ0) is 27.2. The number of amides is 1. The Morgan fingerprint density at radius 3 is 2.61 bits per heavy atom. The van der Waals surface area contributed by atoms with Gasteiger partial charge in [0.1, 0.15) is 23.0 Å². The van der Waals surface area contributed by atoms with E-state index in [1.807, 2.05) is 6.07 Å². The number of carbonyl (C=O) groups is 2. The van der Waals surface area contributed by atoms with Crippen LogP contribution in [0.15, 0.2) is 42.6 Å². The Kier molecular flexibility index (Phi) is 6.33. The van der Waals surface area contributed by atoms with Gasteiger partial charge in [-0.05, 0) is 50.3 Å². The molecule has 4 heterocycles. The molecule has 0 radical (unpaired) electrons. The Labute approximate surface area is 220 Å². The van der Waals surface area contributed by atoms with Crippen LogP contribution in [0.25, 0.3) is 22.6 Å². The number of benzene rings is 1. The van der Waals surface area contributed by atoms with E-state index >= 15 is 0 Å². The van der Waals surface area contributed by atoms with E-state index in [2.05, 4.69) is 36.1 Å². The van der Waals surface area contributed by atoms with Crippen molar-refractivity contribution >= 4 is 28.5 Å². The summed E-state index contributed by atoms with van der Waals surface area (Å²) in [6.07, 6.45) is 3.55. The van der Waals surface area contributed by atoms with E-state index in [0.29, 0.717) is 46.5 Å². The molecule has 0 aliphatic carbocycles. The third kappa shape index (κ3) is 4.68. The molecule has 3 aromatic heterocycles. The lowest BCUT2D eigenvalue weighted by Crippen LogP contribution is -2.28. The molecule has 8 nitrogen and oxygen atoms in total. The molecule has 1 N–H and O–H groups in total. The lowest BCUT2D eigenvalue weighted by atomic mass is 9.83. The van der Waals surface area contributed by atoms with Crippen molar-refractivity contribution in [3.63, 3.8) is 0 Å². The smallest absolute Gasteiger partial charge is 0.235 e. The number of fused-ring (bicyclic) bond motifs is 2. The zero-order valence-corrected chi connectivity index (χ0v) is 22.3. The molecule has 0 saturated heterocycles. The van der Waals surface area contributed by atoms with Crippen LogP contribution >= 0.6 is 0 Å². The summed E-state index contributed by atoms with van der Waals surface area (Å²) in [7, 11) is 0. The molecule has 4 aromatic rings. The van der Waals surface area contributed by atoms with Gasteiger partial charge in [0.2, 0.25) is 5.91 Å². The zero-order valence-electron chi connectivity index (χ0n) is 22.3. The molecule has 5 rings (SSSR count). The summed E-state index contributed by atoms with van der Waals surface area (Å²) in [5.74, 6) is -0.169. The van der Waals surface area contributed by atoms with Crippen molar-refractivity contribution in [1.29, 1.82) is 0 Å². The molecule has 1 amide bonds. The average molecular weight is 515 g/mol. The standard InChI is InChI=1S/C29H31FN6O2/c1-28(2,3)14-8-13-20(37)23-21-24(34-27(38)29(21,4)5)33-25(32-23)22-18-11-9-15-31-26(18)36(35-22)16-17-10-6-7-12-19(17)30/h6-7,9-12,15H,8,13-14,16H2,1-5H3,(H,32,33,34,38). The fourth-order valence-electron chi connectivity index (χ4n) is 4.80. The Balaban J connectivity index is 1.62. The molecule has 0 fully saturated rings. The fraction of sp³-hybridized carbons (Fsp3) is 0.379. The Morgan fingerprint density at radius 1 is 1.11 bits per heavy atom. The van der Waals surface area contributed by atoms with E-state index in [-0.39, 0.29) is 41.0 Å². The molecule has 0 bridgehead atoms. The number of hydrogen-bond donors (Lipinski definition) is 1. The summed E-state index contributed by atoms with van der Waals surface area (Å²) >= 11 is 0. The lowest BCUT2D eigenvalue weighted by molar-refractivity contribution is -0.119. The SMILES string of the molecule is CC(C)(C)CCCC(=O)c1nc(-c2nn(Cc3ccccc3F)c3ncccc23)nc2c1C(C)(C)C(=O)N2. The minimum Gasteiger partial charge on any atom is -0.310 e. The summed E-state index contributed by atoms with van der Waals surface area (Å²) in [6, 6.07) is 10.1. The van der Waals surface area contributed by atoms with Gasteiger partial charge in [0, 0.05) is 23.7 Å². The van der Waals surface area contributed by atoms with Crippen LogP contribution in [0.5, 0.6) is 0 Å². The van der Waals surface area contributed by atoms with Crippen molar-refractivity contribution in [3.05, 3.63) is 65.2 Å². The minimum absolute atomic E-state index is 0.104. The van der Waals surface area contributed by atoms with Crippen LogP contribution < -0.4 is 5.32 Å². The summed E-state index contributed by atoms with van der Waals surface area (Å²) < 4.78 is 16.0. The van der Waals surface area contributed by atoms with E-state index in [9.17, 15) is 14.0 Å². The van der Waals surface area contributed by atoms with Gasteiger partial charge < -0.3 is 5.32 Å². The van der Waals surface area contributed by atoms with Gasteiger partial charge in [0.05, 0.1) is 17.3 Å². The van der Waals surface area contributed by atoms with Crippen molar-refractivity contribution in [2.75, 3.05) is 5.32 Å². The number of carbonyl (C=O) groups excluding carboxylic acids is 2. The highest BCUT2D eigenvalue weighted by Crippen LogP contribution is 2.40. The largest absolute Gasteiger partial charge is 0.310 e. The summed E-state index contributed by atoms with van der Waals surface area (Å²) in [4.78, 5) is 40.2. The quantitative estimate of drug-likeness (QED) is 0.317. The average Bonchev–Trinajstić information content (AvgIpc) is 3.33.